The minimum absolute atomic E-state index is 0.000126. The summed E-state index contributed by atoms with van der Waals surface area (Å²) < 4.78 is 53.3. The first-order valence-corrected chi connectivity index (χ1v) is 7.89. The van der Waals surface area contributed by atoms with Crippen molar-refractivity contribution in [2.24, 2.45) is 0 Å². The zero-order valence-corrected chi connectivity index (χ0v) is 13.7. The molecule has 1 heterocycles. The number of hydrogen-bond acceptors (Lipinski definition) is 2. The first-order valence-electron chi connectivity index (χ1n) is 7.51. The van der Waals surface area contributed by atoms with E-state index in [0.29, 0.717) is 18.8 Å². The van der Waals surface area contributed by atoms with Crippen molar-refractivity contribution in [2.75, 3.05) is 31.1 Å². The Kier molecular flexibility index (Phi) is 4.85. The van der Waals surface area contributed by atoms with Gasteiger partial charge in [0.05, 0.1) is 10.6 Å². The van der Waals surface area contributed by atoms with Gasteiger partial charge in [-0.1, -0.05) is 11.6 Å². The van der Waals surface area contributed by atoms with Gasteiger partial charge in [0.1, 0.15) is 5.82 Å². The smallest absolute Gasteiger partial charge is 0.257 e. The summed E-state index contributed by atoms with van der Waals surface area (Å²) in [7, 11) is 0. The van der Waals surface area contributed by atoms with Crippen LogP contribution in [0.4, 0.5) is 23.2 Å². The molecule has 3 rings (SSSR count). The number of halogens is 5. The topological polar surface area (TPSA) is 23.6 Å². The number of rotatable bonds is 2. The number of carbonyl (C=O) groups excluding carboxylic acids is 1. The Labute approximate surface area is 146 Å². The number of nitrogens with zero attached hydrogens (tertiary/aromatic N) is 2. The van der Waals surface area contributed by atoms with Crippen molar-refractivity contribution in [3.05, 3.63) is 64.2 Å². The molecule has 0 bridgehead atoms. The lowest BCUT2D eigenvalue weighted by molar-refractivity contribution is 0.0740. The molecule has 0 N–H and O–H groups in total. The van der Waals surface area contributed by atoms with Gasteiger partial charge in [-0.2, -0.15) is 0 Å². The highest BCUT2D eigenvalue weighted by molar-refractivity contribution is 6.31. The van der Waals surface area contributed by atoms with E-state index in [2.05, 4.69) is 0 Å². The lowest BCUT2D eigenvalue weighted by atomic mass is 10.1. The van der Waals surface area contributed by atoms with Crippen LogP contribution in [0.5, 0.6) is 0 Å². The molecule has 0 saturated carbocycles. The van der Waals surface area contributed by atoms with E-state index in [1.807, 2.05) is 4.90 Å². The molecular formula is C17H13ClF4N2O. The van der Waals surface area contributed by atoms with Crippen LogP contribution >= 0.6 is 11.6 Å². The molecule has 0 aromatic heterocycles. The summed E-state index contributed by atoms with van der Waals surface area (Å²) in [5.41, 5.74) is 0.203. The molecule has 1 amide bonds. The Morgan fingerprint density at radius 1 is 0.880 bits per heavy atom. The van der Waals surface area contributed by atoms with Crippen LogP contribution in [0.2, 0.25) is 5.02 Å². The number of amides is 1. The lowest BCUT2D eigenvalue weighted by Crippen LogP contribution is -2.49. The monoisotopic (exact) mass is 372 g/mol. The fourth-order valence-corrected chi connectivity index (χ4v) is 2.89. The number of hydrogen-bond donors (Lipinski definition) is 0. The summed E-state index contributed by atoms with van der Waals surface area (Å²) in [5.74, 6) is -5.71. The average Bonchev–Trinajstić information content (AvgIpc) is 2.62. The molecule has 2 aromatic rings. The third-order valence-electron chi connectivity index (χ3n) is 4.10. The van der Waals surface area contributed by atoms with Crippen LogP contribution in [0.15, 0.2) is 30.3 Å². The molecule has 1 aliphatic heterocycles. The van der Waals surface area contributed by atoms with E-state index in [4.69, 9.17) is 11.6 Å². The molecule has 1 saturated heterocycles. The van der Waals surface area contributed by atoms with Crippen LogP contribution in [0.1, 0.15) is 10.4 Å². The molecular weight excluding hydrogens is 360 g/mol. The second kappa shape index (κ2) is 6.92. The third kappa shape index (κ3) is 3.42. The molecule has 2 aromatic carbocycles. The van der Waals surface area contributed by atoms with Gasteiger partial charge >= 0.3 is 0 Å². The fourth-order valence-electron chi connectivity index (χ4n) is 2.71. The van der Waals surface area contributed by atoms with Crippen molar-refractivity contribution in [1.82, 2.24) is 4.90 Å². The van der Waals surface area contributed by atoms with Crippen molar-refractivity contribution in [2.45, 2.75) is 0 Å². The Morgan fingerprint density at radius 3 is 2.16 bits per heavy atom. The number of benzene rings is 2. The molecule has 0 atom stereocenters. The van der Waals surface area contributed by atoms with Crippen LogP contribution in [-0.4, -0.2) is 37.0 Å². The van der Waals surface area contributed by atoms with Crippen LogP contribution in [-0.2, 0) is 0 Å². The minimum atomic E-state index is -1.66. The third-order valence-corrected chi connectivity index (χ3v) is 4.39. The minimum Gasteiger partial charge on any atom is -0.368 e. The van der Waals surface area contributed by atoms with E-state index < -0.39 is 34.7 Å². The van der Waals surface area contributed by atoms with Gasteiger partial charge in [-0.05, 0) is 30.3 Å². The molecule has 0 aliphatic carbocycles. The maximum atomic E-state index is 13.8. The molecule has 1 fully saturated rings. The fraction of sp³-hybridized carbons (Fsp3) is 0.235. The maximum absolute atomic E-state index is 13.8. The van der Waals surface area contributed by atoms with Gasteiger partial charge in [-0.3, -0.25) is 4.79 Å². The quantitative estimate of drug-likeness (QED) is 0.590. The number of piperazine rings is 1. The van der Waals surface area contributed by atoms with Gasteiger partial charge in [0.25, 0.3) is 5.91 Å². The molecule has 0 spiro atoms. The van der Waals surface area contributed by atoms with Gasteiger partial charge < -0.3 is 9.80 Å². The van der Waals surface area contributed by atoms with E-state index in [9.17, 15) is 22.4 Å². The van der Waals surface area contributed by atoms with Crippen LogP contribution < -0.4 is 4.90 Å². The van der Waals surface area contributed by atoms with Gasteiger partial charge in [0, 0.05) is 31.9 Å². The van der Waals surface area contributed by atoms with Crippen LogP contribution in [0.3, 0.4) is 0 Å². The summed E-state index contributed by atoms with van der Waals surface area (Å²) in [4.78, 5) is 15.6. The Hall–Kier alpha value is -2.28. The number of carbonyl (C=O) groups is 1. The SMILES string of the molecule is O=C(c1ccc(F)c(F)c1F)N1CCN(c2ccc(F)c(Cl)c2)CC1. The Bertz CT molecular complexity index is 823. The predicted molar refractivity (Wildman–Crippen MR) is 85.8 cm³/mol. The largest absolute Gasteiger partial charge is 0.368 e. The molecule has 0 radical (unpaired) electrons. The molecule has 3 nitrogen and oxygen atoms in total. The van der Waals surface area contributed by atoms with E-state index in [-0.39, 0.29) is 18.1 Å². The summed E-state index contributed by atoms with van der Waals surface area (Å²) in [6.45, 7) is 1.34. The average molecular weight is 373 g/mol. The summed E-state index contributed by atoms with van der Waals surface area (Å²) in [5, 5.41) is -0.000126. The van der Waals surface area contributed by atoms with Crippen LogP contribution in [0.25, 0.3) is 0 Å². The second-order valence-corrected chi connectivity index (χ2v) is 6.01. The summed E-state index contributed by atoms with van der Waals surface area (Å²) >= 11 is 5.76. The van der Waals surface area contributed by atoms with Gasteiger partial charge in [0.2, 0.25) is 0 Å². The van der Waals surface area contributed by atoms with Crippen molar-refractivity contribution >= 4 is 23.2 Å². The highest BCUT2D eigenvalue weighted by atomic mass is 35.5. The van der Waals surface area contributed by atoms with Crippen molar-refractivity contribution in [3.8, 4) is 0 Å². The summed E-state index contributed by atoms with van der Waals surface area (Å²) in [6.07, 6.45) is 0. The van der Waals surface area contributed by atoms with Crippen molar-refractivity contribution in [3.63, 3.8) is 0 Å². The van der Waals surface area contributed by atoms with Gasteiger partial charge in [-0.25, -0.2) is 17.6 Å². The van der Waals surface area contributed by atoms with E-state index in [1.54, 1.807) is 6.07 Å². The molecule has 1 aliphatic rings. The van der Waals surface area contributed by atoms with E-state index in [1.165, 1.54) is 17.0 Å². The maximum Gasteiger partial charge on any atom is 0.257 e. The summed E-state index contributed by atoms with van der Waals surface area (Å²) in [6, 6.07) is 5.98. The first kappa shape index (κ1) is 17.5. The van der Waals surface area contributed by atoms with Crippen molar-refractivity contribution < 1.29 is 22.4 Å². The predicted octanol–water partition coefficient (Wildman–Crippen LogP) is 3.86. The highest BCUT2D eigenvalue weighted by Gasteiger charge is 2.26. The van der Waals surface area contributed by atoms with Gasteiger partial charge in [-0.15, -0.1) is 0 Å². The normalized spacial score (nSPS) is 14.8. The lowest BCUT2D eigenvalue weighted by Gasteiger charge is -2.36. The molecule has 25 heavy (non-hydrogen) atoms. The zero-order chi connectivity index (χ0) is 18.1. The molecule has 132 valence electrons. The molecule has 0 unspecified atom stereocenters. The standard InChI is InChI=1S/C17H13ClF4N2O/c18-12-9-10(1-3-13(12)19)23-5-7-24(8-6-23)17(25)11-2-4-14(20)16(22)15(11)21/h1-4,9H,5-8H2. The highest BCUT2D eigenvalue weighted by Crippen LogP contribution is 2.24. The van der Waals surface area contributed by atoms with E-state index >= 15 is 0 Å². The van der Waals surface area contributed by atoms with Gasteiger partial charge in [0.15, 0.2) is 17.5 Å². The second-order valence-electron chi connectivity index (χ2n) is 5.60. The number of anilines is 1. The first-order chi connectivity index (χ1) is 11.9. The van der Waals surface area contributed by atoms with Crippen molar-refractivity contribution in [1.29, 1.82) is 0 Å². The van der Waals surface area contributed by atoms with E-state index in [0.717, 1.165) is 12.1 Å². The zero-order valence-electron chi connectivity index (χ0n) is 12.9. The Morgan fingerprint density at radius 2 is 1.52 bits per heavy atom. The molecule has 8 heteroatoms. The van der Waals surface area contributed by atoms with Crippen LogP contribution in [0, 0.1) is 23.3 Å². The Balaban J connectivity index is 1.71.